The fraction of sp³-hybridized carbons (Fsp3) is 0.500. The van der Waals surface area contributed by atoms with Crippen molar-refractivity contribution < 1.29 is 14.3 Å². The number of amides is 1. The Morgan fingerprint density at radius 2 is 2.16 bits per heavy atom. The van der Waals surface area contributed by atoms with E-state index in [1.807, 2.05) is 25.1 Å². The average Bonchev–Trinajstić information content (AvgIpc) is 2.40. The summed E-state index contributed by atoms with van der Waals surface area (Å²) >= 11 is 0. The zero-order valence-corrected chi connectivity index (χ0v) is 11.6. The minimum Gasteiger partial charge on any atom is -0.494 e. The van der Waals surface area contributed by atoms with E-state index in [9.17, 15) is 4.79 Å². The van der Waals surface area contributed by atoms with Gasteiger partial charge in [0.1, 0.15) is 5.75 Å². The Hall–Kier alpha value is -1.75. The van der Waals surface area contributed by atoms with Gasteiger partial charge < -0.3 is 20.5 Å². The number of aryl methyl sites for hydroxylation is 1. The molecule has 0 bridgehead atoms. The Morgan fingerprint density at radius 3 is 2.84 bits per heavy atom. The van der Waals surface area contributed by atoms with Gasteiger partial charge >= 0.3 is 0 Å². The van der Waals surface area contributed by atoms with Crippen molar-refractivity contribution in [3.8, 4) is 5.75 Å². The molecule has 3 N–H and O–H groups in total. The van der Waals surface area contributed by atoms with Crippen molar-refractivity contribution >= 4 is 11.6 Å². The standard InChI is InChI=1S/C14H22N2O3/c1-11-10-12(4-5-13(11)15)19-8-3-7-16-14(17)6-9-18-2/h4-5,10H,3,6-9,15H2,1-2H3,(H,16,17). The lowest BCUT2D eigenvalue weighted by Crippen LogP contribution is -2.26. The molecule has 19 heavy (non-hydrogen) atoms. The van der Waals surface area contributed by atoms with E-state index in [4.69, 9.17) is 15.2 Å². The van der Waals surface area contributed by atoms with E-state index in [0.717, 1.165) is 23.4 Å². The zero-order chi connectivity index (χ0) is 14.1. The van der Waals surface area contributed by atoms with Gasteiger partial charge in [-0.25, -0.2) is 0 Å². The number of nitrogens with one attached hydrogen (secondary N) is 1. The molecule has 1 aromatic rings. The van der Waals surface area contributed by atoms with Gasteiger partial charge in [0.2, 0.25) is 5.91 Å². The summed E-state index contributed by atoms with van der Waals surface area (Å²) in [5.74, 6) is 0.808. The number of methoxy groups -OCH3 is 1. The molecule has 0 unspecified atom stereocenters. The minimum atomic E-state index is 0.00480. The van der Waals surface area contributed by atoms with Crippen molar-refractivity contribution in [1.82, 2.24) is 5.32 Å². The summed E-state index contributed by atoms with van der Waals surface area (Å²) < 4.78 is 10.4. The number of hydrogen-bond acceptors (Lipinski definition) is 4. The molecular weight excluding hydrogens is 244 g/mol. The Kier molecular flexibility index (Phi) is 6.74. The summed E-state index contributed by atoms with van der Waals surface area (Å²) in [6, 6.07) is 5.59. The third-order valence-corrected chi connectivity index (χ3v) is 2.69. The summed E-state index contributed by atoms with van der Waals surface area (Å²) in [6.45, 7) is 3.57. The fourth-order valence-electron chi connectivity index (χ4n) is 1.51. The maximum atomic E-state index is 11.3. The van der Waals surface area contributed by atoms with Gasteiger partial charge in [-0.05, 0) is 37.1 Å². The molecule has 0 spiro atoms. The van der Waals surface area contributed by atoms with Gasteiger partial charge in [0.15, 0.2) is 0 Å². The Bertz CT molecular complexity index is 408. The molecule has 0 aliphatic rings. The second-order valence-corrected chi connectivity index (χ2v) is 4.31. The van der Waals surface area contributed by atoms with Gasteiger partial charge in [0.25, 0.3) is 0 Å². The molecule has 1 rings (SSSR count). The van der Waals surface area contributed by atoms with Crippen LogP contribution in [0.5, 0.6) is 5.75 Å². The van der Waals surface area contributed by atoms with E-state index in [1.165, 1.54) is 0 Å². The van der Waals surface area contributed by atoms with Crippen LogP contribution in [-0.2, 0) is 9.53 Å². The van der Waals surface area contributed by atoms with Crippen LogP contribution in [-0.4, -0.2) is 32.8 Å². The van der Waals surface area contributed by atoms with E-state index in [2.05, 4.69) is 5.32 Å². The number of benzene rings is 1. The maximum absolute atomic E-state index is 11.3. The van der Waals surface area contributed by atoms with Crippen LogP contribution in [0.25, 0.3) is 0 Å². The highest BCUT2D eigenvalue weighted by Crippen LogP contribution is 2.18. The second-order valence-electron chi connectivity index (χ2n) is 4.31. The zero-order valence-electron chi connectivity index (χ0n) is 11.6. The van der Waals surface area contributed by atoms with Crippen molar-refractivity contribution in [3.05, 3.63) is 23.8 Å². The summed E-state index contributed by atoms with van der Waals surface area (Å²) in [6.07, 6.45) is 1.16. The number of ether oxygens (including phenoxy) is 2. The summed E-state index contributed by atoms with van der Waals surface area (Å²) in [5.41, 5.74) is 7.49. The molecule has 0 atom stereocenters. The van der Waals surface area contributed by atoms with E-state index in [-0.39, 0.29) is 5.91 Å². The number of nitrogens with two attached hydrogens (primary N) is 1. The Morgan fingerprint density at radius 1 is 1.37 bits per heavy atom. The topological polar surface area (TPSA) is 73.6 Å². The van der Waals surface area contributed by atoms with Crippen molar-refractivity contribution in [3.63, 3.8) is 0 Å². The highest BCUT2D eigenvalue weighted by Gasteiger charge is 2.00. The molecule has 5 heteroatoms. The molecule has 0 saturated carbocycles. The molecule has 0 aliphatic carbocycles. The lowest BCUT2D eigenvalue weighted by molar-refractivity contribution is -0.121. The van der Waals surface area contributed by atoms with Crippen LogP contribution in [0.1, 0.15) is 18.4 Å². The van der Waals surface area contributed by atoms with Gasteiger partial charge in [0, 0.05) is 25.8 Å². The van der Waals surface area contributed by atoms with Crippen molar-refractivity contribution in [2.45, 2.75) is 19.8 Å². The molecule has 5 nitrogen and oxygen atoms in total. The second kappa shape index (κ2) is 8.37. The molecule has 106 valence electrons. The predicted molar refractivity (Wildman–Crippen MR) is 75.2 cm³/mol. The molecule has 0 aliphatic heterocycles. The van der Waals surface area contributed by atoms with Gasteiger partial charge in [0.05, 0.1) is 13.2 Å². The largest absolute Gasteiger partial charge is 0.494 e. The average molecular weight is 266 g/mol. The van der Waals surface area contributed by atoms with Gasteiger partial charge in [-0.3, -0.25) is 4.79 Å². The summed E-state index contributed by atoms with van der Waals surface area (Å²) in [4.78, 5) is 11.3. The quantitative estimate of drug-likeness (QED) is 0.552. The SMILES string of the molecule is COCCC(=O)NCCCOc1ccc(N)c(C)c1. The number of anilines is 1. The third kappa shape index (κ3) is 6.10. The van der Waals surface area contributed by atoms with E-state index >= 15 is 0 Å². The highest BCUT2D eigenvalue weighted by molar-refractivity contribution is 5.75. The van der Waals surface area contributed by atoms with Gasteiger partial charge in [-0.15, -0.1) is 0 Å². The van der Waals surface area contributed by atoms with Crippen LogP contribution in [0.4, 0.5) is 5.69 Å². The van der Waals surface area contributed by atoms with Crippen molar-refractivity contribution in [2.75, 3.05) is 32.6 Å². The number of rotatable bonds is 8. The lowest BCUT2D eigenvalue weighted by Gasteiger charge is -2.09. The van der Waals surface area contributed by atoms with Crippen LogP contribution in [0, 0.1) is 6.92 Å². The lowest BCUT2D eigenvalue weighted by atomic mass is 10.2. The maximum Gasteiger partial charge on any atom is 0.222 e. The first-order chi connectivity index (χ1) is 9.13. The van der Waals surface area contributed by atoms with Crippen LogP contribution in [0.2, 0.25) is 0 Å². The number of carbonyl (C=O) groups is 1. The smallest absolute Gasteiger partial charge is 0.222 e. The van der Waals surface area contributed by atoms with Crippen LogP contribution < -0.4 is 15.8 Å². The number of carbonyl (C=O) groups excluding carboxylic acids is 1. The first-order valence-electron chi connectivity index (χ1n) is 6.38. The molecule has 0 radical (unpaired) electrons. The molecule has 1 amide bonds. The molecular formula is C14H22N2O3. The first-order valence-corrected chi connectivity index (χ1v) is 6.38. The van der Waals surface area contributed by atoms with Crippen molar-refractivity contribution in [1.29, 1.82) is 0 Å². The third-order valence-electron chi connectivity index (χ3n) is 2.69. The predicted octanol–water partition coefficient (Wildman–Crippen LogP) is 1.50. The van der Waals surface area contributed by atoms with Gasteiger partial charge in [-0.2, -0.15) is 0 Å². The summed E-state index contributed by atoms with van der Waals surface area (Å²) in [5, 5.41) is 2.81. The van der Waals surface area contributed by atoms with Crippen LogP contribution in [0.15, 0.2) is 18.2 Å². The molecule has 0 heterocycles. The molecule has 1 aromatic carbocycles. The number of nitrogen functional groups attached to an aromatic ring is 1. The number of hydrogen-bond donors (Lipinski definition) is 2. The monoisotopic (exact) mass is 266 g/mol. The fourth-order valence-corrected chi connectivity index (χ4v) is 1.51. The summed E-state index contributed by atoms with van der Waals surface area (Å²) in [7, 11) is 1.58. The van der Waals surface area contributed by atoms with Crippen LogP contribution >= 0.6 is 0 Å². The van der Waals surface area contributed by atoms with Gasteiger partial charge in [-0.1, -0.05) is 0 Å². The molecule has 0 saturated heterocycles. The molecule has 0 fully saturated rings. The normalized spacial score (nSPS) is 10.2. The Labute approximate surface area is 114 Å². The van der Waals surface area contributed by atoms with E-state index < -0.39 is 0 Å². The minimum absolute atomic E-state index is 0.00480. The first kappa shape index (κ1) is 15.3. The van der Waals surface area contributed by atoms with Crippen molar-refractivity contribution in [2.24, 2.45) is 0 Å². The highest BCUT2D eigenvalue weighted by atomic mass is 16.5. The van der Waals surface area contributed by atoms with E-state index in [1.54, 1.807) is 7.11 Å². The van der Waals surface area contributed by atoms with E-state index in [0.29, 0.717) is 26.2 Å². The van der Waals surface area contributed by atoms with Crippen LogP contribution in [0.3, 0.4) is 0 Å². The molecule has 0 aromatic heterocycles. The Balaban J connectivity index is 2.13.